The highest BCUT2D eigenvalue weighted by atomic mass is 32.2. The number of ether oxygens (including phenoxy) is 1. The summed E-state index contributed by atoms with van der Waals surface area (Å²) < 4.78 is 5.05. The molecule has 13 heavy (non-hydrogen) atoms. The van der Waals surface area contributed by atoms with Gasteiger partial charge in [-0.25, -0.2) is 4.79 Å². The molecule has 0 heterocycles. The van der Waals surface area contributed by atoms with Crippen LogP contribution in [0, 0.1) is 6.92 Å². The van der Waals surface area contributed by atoms with E-state index in [0.29, 0.717) is 4.90 Å². The Morgan fingerprint density at radius 1 is 1.54 bits per heavy atom. The van der Waals surface area contributed by atoms with E-state index < -0.39 is 5.30 Å². The summed E-state index contributed by atoms with van der Waals surface area (Å²) in [7, 11) is 1.59. The van der Waals surface area contributed by atoms with Gasteiger partial charge in [-0.2, -0.15) is 0 Å². The average Bonchev–Trinajstić information content (AvgIpc) is 2.03. The number of benzene rings is 1. The van der Waals surface area contributed by atoms with E-state index in [1.807, 2.05) is 6.92 Å². The minimum atomic E-state index is -0.899. The predicted molar refractivity (Wildman–Crippen MR) is 51.6 cm³/mol. The fourth-order valence-electron chi connectivity index (χ4n) is 1.02. The molecular weight excluding hydrogens is 188 g/mol. The zero-order chi connectivity index (χ0) is 9.84. The van der Waals surface area contributed by atoms with Gasteiger partial charge in [0.05, 0.1) is 7.11 Å². The zero-order valence-electron chi connectivity index (χ0n) is 7.40. The van der Waals surface area contributed by atoms with Crippen molar-refractivity contribution in [2.24, 2.45) is 0 Å². The molecule has 0 bridgehead atoms. The lowest BCUT2D eigenvalue weighted by Gasteiger charge is -2.04. The molecule has 1 aromatic rings. The SMILES string of the molecule is COc1ccc(SC(=O)O)cc1C. The van der Waals surface area contributed by atoms with E-state index in [4.69, 9.17) is 9.84 Å². The van der Waals surface area contributed by atoms with Crippen LogP contribution in [0.3, 0.4) is 0 Å². The van der Waals surface area contributed by atoms with Crippen molar-refractivity contribution in [1.82, 2.24) is 0 Å². The highest BCUT2D eigenvalue weighted by molar-refractivity contribution is 8.13. The van der Waals surface area contributed by atoms with Gasteiger partial charge in [0.25, 0.3) is 0 Å². The Bertz CT molecular complexity index is 323. The van der Waals surface area contributed by atoms with E-state index in [9.17, 15) is 4.79 Å². The fraction of sp³-hybridized carbons (Fsp3) is 0.222. The summed E-state index contributed by atoms with van der Waals surface area (Å²) in [6.45, 7) is 1.88. The van der Waals surface area contributed by atoms with Gasteiger partial charge in [-0.1, -0.05) is 0 Å². The smallest absolute Gasteiger partial charge is 0.369 e. The predicted octanol–water partition coefficient (Wildman–Crippen LogP) is 2.77. The zero-order valence-corrected chi connectivity index (χ0v) is 8.22. The highest BCUT2D eigenvalue weighted by Gasteiger charge is 2.03. The fourth-order valence-corrected chi connectivity index (χ4v) is 1.59. The first-order valence-electron chi connectivity index (χ1n) is 3.69. The molecule has 4 heteroatoms. The van der Waals surface area contributed by atoms with E-state index in [0.717, 1.165) is 23.1 Å². The lowest BCUT2D eigenvalue weighted by molar-refractivity contribution is 0.222. The number of carbonyl (C=O) groups is 1. The molecule has 0 aromatic heterocycles. The summed E-state index contributed by atoms with van der Waals surface area (Å²) >= 11 is 0.793. The van der Waals surface area contributed by atoms with Gasteiger partial charge in [-0.15, -0.1) is 0 Å². The molecule has 0 saturated carbocycles. The van der Waals surface area contributed by atoms with Crippen molar-refractivity contribution >= 4 is 17.1 Å². The number of hydrogen-bond donors (Lipinski definition) is 1. The quantitative estimate of drug-likeness (QED) is 0.742. The first-order valence-corrected chi connectivity index (χ1v) is 4.50. The van der Waals surface area contributed by atoms with Gasteiger partial charge in [-0.3, -0.25) is 0 Å². The molecule has 3 nitrogen and oxygen atoms in total. The van der Waals surface area contributed by atoms with Crippen molar-refractivity contribution in [2.45, 2.75) is 11.8 Å². The normalized spacial score (nSPS) is 9.69. The van der Waals surface area contributed by atoms with Crippen LogP contribution in [-0.2, 0) is 0 Å². The Labute approximate surface area is 80.7 Å². The third-order valence-corrected chi connectivity index (χ3v) is 2.24. The maximum Gasteiger partial charge on any atom is 0.369 e. The molecular formula is C9H10O3S. The molecule has 0 aliphatic rings. The Morgan fingerprint density at radius 2 is 2.23 bits per heavy atom. The van der Waals surface area contributed by atoms with Crippen LogP contribution in [0.2, 0.25) is 0 Å². The Balaban J connectivity index is 2.89. The summed E-state index contributed by atoms with van der Waals surface area (Å²) in [5, 5.41) is 7.62. The monoisotopic (exact) mass is 198 g/mol. The minimum absolute atomic E-state index is 0.714. The summed E-state index contributed by atoms with van der Waals surface area (Å²) in [6, 6.07) is 5.28. The van der Waals surface area contributed by atoms with Crippen molar-refractivity contribution in [1.29, 1.82) is 0 Å². The third kappa shape index (κ3) is 2.66. The van der Waals surface area contributed by atoms with Crippen LogP contribution in [0.1, 0.15) is 5.56 Å². The maximum atomic E-state index is 10.4. The van der Waals surface area contributed by atoms with Crippen molar-refractivity contribution in [3.63, 3.8) is 0 Å². The second-order valence-electron chi connectivity index (χ2n) is 2.50. The highest BCUT2D eigenvalue weighted by Crippen LogP contribution is 2.25. The second-order valence-corrected chi connectivity index (χ2v) is 3.52. The summed E-state index contributed by atoms with van der Waals surface area (Å²) in [5.74, 6) is 0.773. The number of methoxy groups -OCH3 is 1. The van der Waals surface area contributed by atoms with Crippen LogP contribution >= 0.6 is 11.8 Å². The molecule has 0 fully saturated rings. The van der Waals surface area contributed by atoms with Crippen molar-refractivity contribution < 1.29 is 14.6 Å². The molecule has 0 amide bonds. The maximum absolute atomic E-state index is 10.4. The van der Waals surface area contributed by atoms with Gasteiger partial charge in [0.1, 0.15) is 5.75 Å². The molecule has 0 unspecified atom stereocenters. The van der Waals surface area contributed by atoms with Crippen LogP contribution < -0.4 is 4.74 Å². The largest absolute Gasteiger partial charge is 0.496 e. The topological polar surface area (TPSA) is 46.5 Å². The number of carboxylic acid groups (broad SMARTS) is 1. The molecule has 1 rings (SSSR count). The third-order valence-electron chi connectivity index (χ3n) is 1.57. The summed E-state index contributed by atoms with van der Waals surface area (Å²) in [6.07, 6.45) is 0. The van der Waals surface area contributed by atoms with Crippen LogP contribution in [-0.4, -0.2) is 17.5 Å². The van der Waals surface area contributed by atoms with Crippen LogP contribution in [0.4, 0.5) is 4.79 Å². The van der Waals surface area contributed by atoms with Gasteiger partial charge >= 0.3 is 5.30 Å². The lowest BCUT2D eigenvalue weighted by Crippen LogP contribution is -1.88. The first-order chi connectivity index (χ1) is 6.13. The molecule has 70 valence electrons. The molecule has 0 aliphatic heterocycles. The van der Waals surface area contributed by atoms with E-state index >= 15 is 0 Å². The number of thioether (sulfide) groups is 1. The van der Waals surface area contributed by atoms with Crippen LogP contribution in [0.25, 0.3) is 0 Å². The number of hydrogen-bond acceptors (Lipinski definition) is 3. The summed E-state index contributed by atoms with van der Waals surface area (Å²) in [4.78, 5) is 11.1. The van der Waals surface area contributed by atoms with Gasteiger partial charge in [0.2, 0.25) is 0 Å². The van der Waals surface area contributed by atoms with Crippen molar-refractivity contribution in [3.05, 3.63) is 23.8 Å². The van der Waals surface area contributed by atoms with E-state index in [1.165, 1.54) is 0 Å². The molecule has 0 saturated heterocycles. The van der Waals surface area contributed by atoms with Crippen LogP contribution in [0.5, 0.6) is 5.75 Å². The Morgan fingerprint density at radius 3 is 2.69 bits per heavy atom. The average molecular weight is 198 g/mol. The molecule has 0 spiro atoms. The molecule has 1 aromatic carbocycles. The van der Waals surface area contributed by atoms with Crippen molar-refractivity contribution in [3.8, 4) is 5.75 Å². The molecule has 0 aliphatic carbocycles. The summed E-state index contributed by atoms with van der Waals surface area (Å²) in [5.41, 5.74) is 0.939. The van der Waals surface area contributed by atoms with Gasteiger partial charge in [0, 0.05) is 4.90 Å². The number of aryl methyl sites for hydroxylation is 1. The van der Waals surface area contributed by atoms with Crippen LogP contribution in [0.15, 0.2) is 23.1 Å². The molecule has 0 atom stereocenters. The molecule has 0 radical (unpaired) electrons. The van der Waals surface area contributed by atoms with Gasteiger partial charge in [-0.05, 0) is 42.4 Å². The Kier molecular flexibility index (Phi) is 3.19. The second kappa shape index (κ2) is 4.18. The first kappa shape index (κ1) is 9.92. The van der Waals surface area contributed by atoms with Gasteiger partial charge in [0.15, 0.2) is 0 Å². The van der Waals surface area contributed by atoms with E-state index in [1.54, 1.807) is 25.3 Å². The lowest BCUT2D eigenvalue weighted by atomic mass is 10.2. The van der Waals surface area contributed by atoms with E-state index in [-0.39, 0.29) is 0 Å². The Hall–Kier alpha value is -1.16. The minimum Gasteiger partial charge on any atom is -0.496 e. The standard InChI is InChI=1S/C9H10O3S/c1-6-5-7(13-9(10)11)3-4-8(6)12-2/h3-5H,1-2H3,(H,10,11). The number of rotatable bonds is 2. The van der Waals surface area contributed by atoms with E-state index in [2.05, 4.69) is 0 Å². The molecule has 1 N–H and O–H groups in total. The van der Waals surface area contributed by atoms with Gasteiger partial charge < -0.3 is 9.84 Å². The van der Waals surface area contributed by atoms with Crippen molar-refractivity contribution in [2.75, 3.05) is 7.11 Å².